The van der Waals surface area contributed by atoms with E-state index in [0.29, 0.717) is 0 Å². The van der Waals surface area contributed by atoms with Gasteiger partial charge in [0.05, 0.1) is 11.4 Å². The van der Waals surface area contributed by atoms with Gasteiger partial charge < -0.3 is 5.32 Å². The predicted molar refractivity (Wildman–Crippen MR) is 59.2 cm³/mol. The highest BCUT2D eigenvalue weighted by atomic mass is 32.2. The zero-order valence-corrected chi connectivity index (χ0v) is 9.81. The van der Waals surface area contributed by atoms with Gasteiger partial charge in [-0.05, 0) is 19.1 Å². The Bertz CT molecular complexity index is 474. The van der Waals surface area contributed by atoms with Gasteiger partial charge in [0.15, 0.2) is 0 Å². The molecule has 0 saturated heterocycles. The molecule has 0 aromatic heterocycles. The first kappa shape index (κ1) is 12.9. The summed E-state index contributed by atoms with van der Waals surface area (Å²) in [6.07, 6.45) is 1.10. The summed E-state index contributed by atoms with van der Waals surface area (Å²) in [6, 6.07) is 2.66. The second-order valence-corrected chi connectivity index (χ2v) is 5.95. The summed E-state index contributed by atoms with van der Waals surface area (Å²) in [7, 11) is -3.12. The summed E-state index contributed by atoms with van der Waals surface area (Å²) in [4.78, 5) is 0. The van der Waals surface area contributed by atoms with Gasteiger partial charge in [-0.3, -0.25) is 0 Å². The summed E-state index contributed by atoms with van der Waals surface area (Å²) >= 11 is 0. The van der Waals surface area contributed by atoms with Crippen molar-refractivity contribution in [3.63, 3.8) is 0 Å². The van der Waals surface area contributed by atoms with E-state index in [9.17, 15) is 17.2 Å². The van der Waals surface area contributed by atoms with Gasteiger partial charge in [-0.25, -0.2) is 17.2 Å². The highest BCUT2D eigenvalue weighted by molar-refractivity contribution is 7.90. The van der Waals surface area contributed by atoms with Crippen molar-refractivity contribution in [3.8, 4) is 0 Å². The fourth-order valence-corrected chi connectivity index (χ4v) is 2.36. The molecule has 90 valence electrons. The second-order valence-electron chi connectivity index (χ2n) is 3.76. The number of rotatable bonds is 4. The van der Waals surface area contributed by atoms with Crippen LogP contribution in [0, 0.1) is 11.6 Å². The molecule has 1 N–H and O–H groups in total. The fraction of sp³-hybridized carbons (Fsp3) is 0.400. The molecule has 0 aliphatic carbocycles. The molecule has 1 aromatic carbocycles. The zero-order valence-electron chi connectivity index (χ0n) is 9.00. The molecule has 1 rings (SSSR count). The third kappa shape index (κ3) is 4.14. The molecule has 1 aromatic rings. The number of sulfone groups is 1. The van der Waals surface area contributed by atoms with Gasteiger partial charge in [0.25, 0.3) is 0 Å². The maximum absolute atomic E-state index is 13.2. The SMILES string of the molecule is CC(CS(C)(=O)=O)Nc1ccc(F)cc1F. The van der Waals surface area contributed by atoms with E-state index >= 15 is 0 Å². The van der Waals surface area contributed by atoms with E-state index in [2.05, 4.69) is 5.32 Å². The first-order valence-corrected chi connectivity index (χ1v) is 6.73. The quantitative estimate of drug-likeness (QED) is 0.885. The van der Waals surface area contributed by atoms with Gasteiger partial charge in [-0.1, -0.05) is 0 Å². The van der Waals surface area contributed by atoms with Crippen molar-refractivity contribution in [1.29, 1.82) is 0 Å². The van der Waals surface area contributed by atoms with Crippen molar-refractivity contribution in [1.82, 2.24) is 0 Å². The Labute approximate surface area is 93.4 Å². The molecule has 0 fully saturated rings. The van der Waals surface area contributed by atoms with Crippen LogP contribution >= 0.6 is 0 Å². The minimum Gasteiger partial charge on any atom is -0.379 e. The summed E-state index contributed by atoms with van der Waals surface area (Å²) in [5.41, 5.74) is 0.0950. The number of halogens is 2. The average Bonchev–Trinajstić information content (AvgIpc) is 2.06. The number of hydrogen-bond acceptors (Lipinski definition) is 3. The average molecular weight is 249 g/mol. The van der Waals surface area contributed by atoms with Gasteiger partial charge in [-0.15, -0.1) is 0 Å². The van der Waals surface area contributed by atoms with Crippen LogP contribution in [-0.4, -0.2) is 26.5 Å². The lowest BCUT2D eigenvalue weighted by Gasteiger charge is -2.14. The second kappa shape index (κ2) is 4.78. The Morgan fingerprint density at radius 3 is 2.50 bits per heavy atom. The van der Waals surface area contributed by atoms with Crippen LogP contribution in [0.1, 0.15) is 6.92 Å². The number of hydrogen-bond donors (Lipinski definition) is 1. The van der Waals surface area contributed by atoms with E-state index in [-0.39, 0.29) is 11.4 Å². The lowest BCUT2D eigenvalue weighted by molar-refractivity contribution is 0.582. The molecule has 0 aliphatic heterocycles. The Kier molecular flexibility index (Phi) is 3.85. The molecular weight excluding hydrogens is 236 g/mol. The van der Waals surface area contributed by atoms with Crippen LogP contribution in [0.4, 0.5) is 14.5 Å². The molecule has 1 unspecified atom stereocenters. The van der Waals surface area contributed by atoms with Crippen molar-refractivity contribution >= 4 is 15.5 Å². The van der Waals surface area contributed by atoms with Crippen LogP contribution in [0.15, 0.2) is 18.2 Å². The molecule has 1 atom stereocenters. The maximum Gasteiger partial charge on any atom is 0.149 e. The number of nitrogens with one attached hydrogen (secondary N) is 1. The number of anilines is 1. The maximum atomic E-state index is 13.2. The normalized spacial score (nSPS) is 13.5. The lowest BCUT2D eigenvalue weighted by Crippen LogP contribution is -2.25. The molecule has 0 aliphatic rings. The van der Waals surface area contributed by atoms with Crippen molar-refractivity contribution in [2.45, 2.75) is 13.0 Å². The third-order valence-electron chi connectivity index (χ3n) is 1.89. The van der Waals surface area contributed by atoms with Crippen LogP contribution in [0.5, 0.6) is 0 Å². The number of benzene rings is 1. The largest absolute Gasteiger partial charge is 0.379 e. The summed E-state index contributed by atoms with van der Waals surface area (Å²) < 4.78 is 47.7. The predicted octanol–water partition coefficient (Wildman–Crippen LogP) is 1.81. The summed E-state index contributed by atoms with van der Waals surface area (Å²) in [6.45, 7) is 1.61. The first-order chi connectivity index (χ1) is 7.28. The lowest BCUT2D eigenvalue weighted by atomic mass is 10.2. The Morgan fingerprint density at radius 2 is 2.00 bits per heavy atom. The Morgan fingerprint density at radius 1 is 1.38 bits per heavy atom. The molecule has 0 bridgehead atoms. The monoisotopic (exact) mass is 249 g/mol. The standard InChI is InChI=1S/C10H13F2NO2S/c1-7(6-16(2,14)15)13-10-4-3-8(11)5-9(10)12/h3-5,7,13H,6H2,1-2H3. The smallest absolute Gasteiger partial charge is 0.149 e. The van der Waals surface area contributed by atoms with E-state index in [4.69, 9.17) is 0 Å². The fourth-order valence-electron chi connectivity index (χ4n) is 1.37. The Balaban J connectivity index is 2.73. The molecule has 16 heavy (non-hydrogen) atoms. The highest BCUT2D eigenvalue weighted by Crippen LogP contribution is 2.16. The highest BCUT2D eigenvalue weighted by Gasteiger charge is 2.12. The van der Waals surface area contributed by atoms with E-state index in [1.54, 1.807) is 6.92 Å². The van der Waals surface area contributed by atoms with Crippen molar-refractivity contribution < 1.29 is 17.2 Å². The van der Waals surface area contributed by atoms with Gasteiger partial charge >= 0.3 is 0 Å². The molecule has 0 amide bonds. The van der Waals surface area contributed by atoms with Crippen LogP contribution in [-0.2, 0) is 9.84 Å². The summed E-state index contributed by atoms with van der Waals surface area (Å²) in [5.74, 6) is -1.51. The zero-order chi connectivity index (χ0) is 12.3. The van der Waals surface area contributed by atoms with Crippen molar-refractivity contribution in [2.75, 3.05) is 17.3 Å². The third-order valence-corrected chi connectivity index (χ3v) is 2.99. The van der Waals surface area contributed by atoms with Crippen molar-refractivity contribution in [3.05, 3.63) is 29.8 Å². The molecular formula is C10H13F2NO2S. The molecule has 0 radical (unpaired) electrons. The molecule has 0 spiro atoms. The van der Waals surface area contributed by atoms with Crippen molar-refractivity contribution in [2.24, 2.45) is 0 Å². The van der Waals surface area contributed by atoms with E-state index in [1.165, 1.54) is 6.07 Å². The van der Waals surface area contributed by atoms with Gasteiger partial charge in [0, 0.05) is 18.4 Å². The van der Waals surface area contributed by atoms with E-state index in [1.807, 2.05) is 0 Å². The van der Waals surface area contributed by atoms with Crippen LogP contribution in [0.2, 0.25) is 0 Å². The minimum atomic E-state index is -3.12. The Hall–Kier alpha value is -1.17. The molecule has 0 heterocycles. The molecule has 3 nitrogen and oxygen atoms in total. The van der Waals surface area contributed by atoms with Gasteiger partial charge in [-0.2, -0.15) is 0 Å². The van der Waals surface area contributed by atoms with Gasteiger partial charge in [0.2, 0.25) is 0 Å². The van der Waals surface area contributed by atoms with Gasteiger partial charge in [0.1, 0.15) is 21.5 Å². The van der Waals surface area contributed by atoms with Crippen LogP contribution < -0.4 is 5.32 Å². The van der Waals surface area contributed by atoms with E-state index in [0.717, 1.165) is 18.4 Å². The van der Waals surface area contributed by atoms with Crippen LogP contribution in [0.3, 0.4) is 0 Å². The summed E-state index contributed by atoms with van der Waals surface area (Å²) in [5, 5.41) is 2.67. The topological polar surface area (TPSA) is 46.2 Å². The molecule has 0 saturated carbocycles. The van der Waals surface area contributed by atoms with E-state index < -0.39 is 27.5 Å². The first-order valence-electron chi connectivity index (χ1n) is 4.67. The van der Waals surface area contributed by atoms with Crippen LogP contribution in [0.25, 0.3) is 0 Å². The minimum absolute atomic E-state index is 0.0950. The molecule has 6 heteroatoms.